The summed E-state index contributed by atoms with van der Waals surface area (Å²) >= 11 is 0. The van der Waals surface area contributed by atoms with Gasteiger partial charge in [-0.2, -0.15) is 5.10 Å². The van der Waals surface area contributed by atoms with Crippen LogP contribution >= 0.6 is 0 Å². The number of pyridine rings is 1. The van der Waals surface area contributed by atoms with E-state index in [2.05, 4.69) is 56.1 Å². The molecule has 0 amide bonds. The fourth-order valence-electron chi connectivity index (χ4n) is 5.08. The molecule has 39 heavy (non-hydrogen) atoms. The molecule has 0 spiro atoms. The number of aryl methyl sites for hydroxylation is 2. The number of hydrogen-bond acceptors (Lipinski definition) is 9. The summed E-state index contributed by atoms with van der Waals surface area (Å²) in [6, 6.07) is 5.99. The fourth-order valence-corrected chi connectivity index (χ4v) is 5.08. The van der Waals surface area contributed by atoms with Gasteiger partial charge in [0.05, 0.1) is 30.2 Å². The molecule has 2 aliphatic heterocycles. The Hall–Kier alpha value is -3.96. The van der Waals surface area contributed by atoms with Gasteiger partial charge in [0.2, 0.25) is 5.88 Å². The summed E-state index contributed by atoms with van der Waals surface area (Å²) in [5, 5.41) is 7.85. The van der Waals surface area contributed by atoms with Crippen LogP contribution in [-0.2, 0) is 20.6 Å². The highest BCUT2D eigenvalue weighted by Crippen LogP contribution is 2.34. The van der Waals surface area contributed by atoms with Crippen LogP contribution in [0.2, 0.25) is 0 Å². The minimum Gasteiger partial charge on any atom is -0.490 e. The Labute approximate surface area is 228 Å². The SMILES string of the molecule is C[C@H]1CCOc2c(cnn2C)-c2ncc(-c3cc(CN4CCN(C)CC4)cn3C)c(n2)Nc2cc(ccn2)O1. The third kappa shape index (κ3) is 5.45. The lowest BCUT2D eigenvalue weighted by Crippen LogP contribution is -2.43. The number of nitrogens with zero attached hydrogens (tertiary/aromatic N) is 8. The van der Waals surface area contributed by atoms with Crippen molar-refractivity contribution in [1.82, 2.24) is 39.1 Å². The van der Waals surface area contributed by atoms with Gasteiger partial charge in [-0.05, 0) is 31.7 Å². The Morgan fingerprint density at radius 1 is 1.03 bits per heavy atom. The van der Waals surface area contributed by atoms with Crippen molar-refractivity contribution in [3.8, 4) is 34.3 Å². The molecule has 0 unspecified atom stereocenters. The minimum atomic E-state index is -0.0356. The van der Waals surface area contributed by atoms with E-state index in [0.29, 0.717) is 36.4 Å². The van der Waals surface area contributed by atoms with Crippen molar-refractivity contribution in [1.29, 1.82) is 0 Å². The van der Waals surface area contributed by atoms with Crippen molar-refractivity contribution in [2.45, 2.75) is 26.0 Å². The maximum Gasteiger partial charge on any atom is 0.222 e. The molecule has 4 aromatic heterocycles. The maximum absolute atomic E-state index is 6.14. The van der Waals surface area contributed by atoms with Crippen LogP contribution < -0.4 is 14.8 Å². The predicted octanol–water partition coefficient (Wildman–Crippen LogP) is 3.32. The first-order chi connectivity index (χ1) is 18.9. The third-order valence-corrected chi connectivity index (χ3v) is 7.33. The van der Waals surface area contributed by atoms with E-state index in [-0.39, 0.29) is 6.10 Å². The maximum atomic E-state index is 6.14. The molecular weight excluding hydrogens is 494 g/mol. The van der Waals surface area contributed by atoms with E-state index in [4.69, 9.17) is 19.4 Å². The Balaban J connectivity index is 1.40. The second-order valence-electron chi connectivity index (χ2n) is 10.4. The molecule has 11 nitrogen and oxygen atoms in total. The summed E-state index contributed by atoms with van der Waals surface area (Å²) in [4.78, 5) is 19.2. The molecule has 6 rings (SSSR count). The van der Waals surface area contributed by atoms with E-state index in [0.717, 1.165) is 55.3 Å². The fraction of sp³-hybridized carbons (Fsp3) is 0.429. The zero-order valence-corrected chi connectivity index (χ0v) is 23.0. The Morgan fingerprint density at radius 2 is 1.87 bits per heavy atom. The van der Waals surface area contributed by atoms with Gasteiger partial charge >= 0.3 is 0 Å². The molecule has 1 atom stereocenters. The van der Waals surface area contributed by atoms with Crippen LogP contribution in [0.1, 0.15) is 18.9 Å². The number of fused-ring (bicyclic) bond motifs is 6. The van der Waals surface area contributed by atoms with Gasteiger partial charge in [0.25, 0.3) is 0 Å². The number of rotatable bonds is 3. The lowest BCUT2D eigenvalue weighted by molar-refractivity contribution is 0.148. The van der Waals surface area contributed by atoms with Crippen LogP contribution in [0.25, 0.3) is 22.6 Å². The van der Waals surface area contributed by atoms with E-state index in [1.54, 1.807) is 17.1 Å². The van der Waals surface area contributed by atoms with Gasteiger partial charge in [0, 0.05) is 77.9 Å². The molecule has 1 saturated heterocycles. The molecule has 0 saturated carbocycles. The van der Waals surface area contributed by atoms with Crippen molar-refractivity contribution in [3.63, 3.8) is 0 Å². The van der Waals surface area contributed by atoms with Crippen molar-refractivity contribution in [2.75, 3.05) is 45.2 Å². The number of anilines is 2. The standard InChI is InChI=1S/C28H35N9O2/c1-19-6-12-38-28-23(16-31-36(28)4)26-30-15-22(27(33-26)32-25-14-21(39-19)5-7-29-25)24-13-20(17-35(24)3)18-37-10-8-34(2)9-11-37/h5,7,13-17,19H,6,8-12,18H2,1-4H3,(H,29,30,32,33)/t19-/m0/s1. The van der Waals surface area contributed by atoms with Crippen molar-refractivity contribution in [2.24, 2.45) is 14.1 Å². The molecule has 0 aromatic carbocycles. The van der Waals surface area contributed by atoms with Gasteiger partial charge in [0.1, 0.15) is 22.9 Å². The smallest absolute Gasteiger partial charge is 0.222 e. The van der Waals surface area contributed by atoms with Gasteiger partial charge in [0.15, 0.2) is 5.82 Å². The Bertz CT molecular complexity index is 1460. The second-order valence-corrected chi connectivity index (χ2v) is 10.4. The van der Waals surface area contributed by atoms with Gasteiger partial charge in [-0.15, -0.1) is 0 Å². The molecule has 204 valence electrons. The third-order valence-electron chi connectivity index (χ3n) is 7.33. The normalized spacial score (nSPS) is 18.4. The average molecular weight is 530 g/mol. The summed E-state index contributed by atoms with van der Waals surface area (Å²) in [7, 11) is 6.10. The first-order valence-electron chi connectivity index (χ1n) is 13.4. The van der Waals surface area contributed by atoms with E-state index < -0.39 is 0 Å². The number of piperazine rings is 1. The van der Waals surface area contributed by atoms with E-state index in [1.807, 2.05) is 32.3 Å². The average Bonchev–Trinajstić information content (AvgIpc) is 3.46. The molecule has 1 fully saturated rings. The second kappa shape index (κ2) is 10.7. The molecule has 6 heterocycles. The number of aromatic nitrogens is 6. The van der Waals surface area contributed by atoms with Crippen LogP contribution in [0.3, 0.4) is 0 Å². The van der Waals surface area contributed by atoms with Crippen LogP contribution in [0.5, 0.6) is 11.6 Å². The molecule has 2 aliphatic rings. The molecule has 0 radical (unpaired) electrons. The highest BCUT2D eigenvalue weighted by atomic mass is 16.5. The summed E-state index contributed by atoms with van der Waals surface area (Å²) in [5.41, 5.74) is 3.91. The number of hydrogen-bond donors (Lipinski definition) is 1. The van der Waals surface area contributed by atoms with Gasteiger partial charge in [-0.25, -0.2) is 19.6 Å². The van der Waals surface area contributed by atoms with Gasteiger partial charge in [-0.3, -0.25) is 4.90 Å². The molecular formula is C28H35N9O2. The predicted molar refractivity (Wildman–Crippen MR) is 149 cm³/mol. The monoisotopic (exact) mass is 529 g/mol. The van der Waals surface area contributed by atoms with Crippen molar-refractivity contribution < 1.29 is 9.47 Å². The zero-order chi connectivity index (χ0) is 26.9. The summed E-state index contributed by atoms with van der Waals surface area (Å²) in [6.45, 7) is 7.77. The lowest BCUT2D eigenvalue weighted by atomic mass is 10.1. The molecule has 11 heteroatoms. The Kier molecular flexibility index (Phi) is 6.92. The number of nitrogens with one attached hydrogen (secondary N) is 1. The van der Waals surface area contributed by atoms with E-state index in [9.17, 15) is 0 Å². The summed E-state index contributed by atoms with van der Waals surface area (Å²) in [5.74, 6) is 3.20. The van der Waals surface area contributed by atoms with Crippen LogP contribution in [0.15, 0.2) is 43.0 Å². The van der Waals surface area contributed by atoms with E-state index >= 15 is 0 Å². The summed E-state index contributed by atoms with van der Waals surface area (Å²) < 4.78 is 16.1. The zero-order valence-electron chi connectivity index (χ0n) is 23.0. The number of likely N-dealkylation sites (N-methyl/N-ethyl adjacent to an activating group) is 1. The summed E-state index contributed by atoms with van der Waals surface area (Å²) in [6.07, 6.45) is 8.22. The molecule has 0 aliphatic carbocycles. The van der Waals surface area contributed by atoms with Crippen LogP contribution in [0, 0.1) is 0 Å². The first-order valence-corrected chi connectivity index (χ1v) is 13.4. The topological polar surface area (TPSA) is 98.4 Å². The molecule has 4 aromatic rings. The van der Waals surface area contributed by atoms with Crippen molar-refractivity contribution >= 4 is 11.6 Å². The largest absolute Gasteiger partial charge is 0.490 e. The minimum absolute atomic E-state index is 0.0356. The van der Waals surface area contributed by atoms with Crippen LogP contribution in [-0.4, -0.2) is 85.0 Å². The van der Waals surface area contributed by atoms with Crippen molar-refractivity contribution in [3.05, 3.63) is 48.5 Å². The van der Waals surface area contributed by atoms with E-state index in [1.165, 1.54) is 5.56 Å². The van der Waals surface area contributed by atoms with Gasteiger partial charge < -0.3 is 24.3 Å². The highest BCUT2D eigenvalue weighted by Gasteiger charge is 2.21. The quantitative estimate of drug-likeness (QED) is 0.429. The number of ether oxygens (including phenoxy) is 2. The first kappa shape index (κ1) is 25.3. The highest BCUT2D eigenvalue weighted by molar-refractivity contribution is 5.78. The van der Waals surface area contributed by atoms with Gasteiger partial charge in [-0.1, -0.05) is 0 Å². The lowest BCUT2D eigenvalue weighted by Gasteiger charge is -2.32. The molecule has 1 N–H and O–H groups in total. The molecule has 4 bridgehead atoms. The van der Waals surface area contributed by atoms with Crippen LogP contribution in [0.4, 0.5) is 11.6 Å². The Morgan fingerprint density at radius 3 is 2.72 bits per heavy atom.